The van der Waals surface area contributed by atoms with E-state index in [0.717, 1.165) is 66.2 Å². The first kappa shape index (κ1) is 30.6. The molecule has 0 radical (unpaired) electrons. The van der Waals surface area contributed by atoms with Gasteiger partial charge in [-0.2, -0.15) is 0 Å². The minimum atomic E-state index is -0.555. The summed E-state index contributed by atoms with van der Waals surface area (Å²) in [5.74, 6) is 2.42. The number of thiophene rings is 1. The highest BCUT2D eigenvalue weighted by Gasteiger charge is 2.51. The standard InChI is InChI=1S/C51H30N2OS/c1-2-13-31(14-3-1)33-16-12-17-35(29-33)50-52-47(49-48(53-50)38-20-7-11-24-45(38)55-49)34-26-27-41-44(30-34)54-43-23-10-9-22-40(43)51(41)39-21-8-6-19-37(39)46-36-18-5-4-15-32(36)25-28-42(46)51/h1-30H. The zero-order valence-electron chi connectivity index (χ0n) is 29.5. The molecule has 0 N–H and O–H groups in total. The molecule has 1 aliphatic carbocycles. The Morgan fingerprint density at radius 2 is 1.16 bits per heavy atom. The summed E-state index contributed by atoms with van der Waals surface area (Å²) in [7, 11) is 0. The molecule has 0 fully saturated rings. The number of rotatable bonds is 3. The van der Waals surface area contributed by atoms with Gasteiger partial charge in [0.2, 0.25) is 0 Å². The minimum Gasteiger partial charge on any atom is -0.457 e. The highest BCUT2D eigenvalue weighted by atomic mass is 32.1. The normalized spacial score (nSPS) is 15.1. The van der Waals surface area contributed by atoms with Crippen LogP contribution in [0.15, 0.2) is 182 Å². The smallest absolute Gasteiger partial charge is 0.160 e. The van der Waals surface area contributed by atoms with Crippen LogP contribution in [0.1, 0.15) is 22.3 Å². The third-order valence-electron chi connectivity index (χ3n) is 11.6. The van der Waals surface area contributed by atoms with E-state index in [-0.39, 0.29) is 0 Å². The largest absolute Gasteiger partial charge is 0.457 e. The summed E-state index contributed by atoms with van der Waals surface area (Å²) in [5.41, 5.74) is 13.0. The molecule has 0 amide bonds. The van der Waals surface area contributed by atoms with Gasteiger partial charge >= 0.3 is 0 Å². The van der Waals surface area contributed by atoms with Gasteiger partial charge in [0.1, 0.15) is 11.5 Å². The summed E-state index contributed by atoms with van der Waals surface area (Å²) >= 11 is 1.75. The summed E-state index contributed by atoms with van der Waals surface area (Å²) in [6, 6.07) is 65.2. The van der Waals surface area contributed by atoms with E-state index in [0.29, 0.717) is 5.82 Å². The van der Waals surface area contributed by atoms with Crippen LogP contribution < -0.4 is 4.74 Å². The van der Waals surface area contributed by atoms with E-state index in [1.54, 1.807) is 11.3 Å². The molecule has 4 heteroatoms. The van der Waals surface area contributed by atoms with Crippen molar-refractivity contribution in [2.24, 2.45) is 0 Å². The van der Waals surface area contributed by atoms with Gasteiger partial charge in [0.05, 0.1) is 21.3 Å². The molecule has 0 saturated carbocycles. The molecule has 3 heterocycles. The average molecular weight is 719 g/mol. The van der Waals surface area contributed by atoms with Gasteiger partial charge in [0.15, 0.2) is 5.82 Å². The van der Waals surface area contributed by atoms with E-state index in [9.17, 15) is 0 Å². The minimum absolute atomic E-state index is 0.555. The van der Waals surface area contributed by atoms with Crippen LogP contribution in [0.4, 0.5) is 0 Å². The quantitative estimate of drug-likeness (QED) is 0.182. The summed E-state index contributed by atoms with van der Waals surface area (Å²) in [4.78, 5) is 10.7. The Kier molecular flexibility index (Phi) is 6.42. The van der Waals surface area contributed by atoms with E-state index in [1.807, 2.05) is 6.07 Å². The van der Waals surface area contributed by atoms with Crippen LogP contribution in [0.5, 0.6) is 11.5 Å². The monoisotopic (exact) mass is 718 g/mol. The van der Waals surface area contributed by atoms with Gasteiger partial charge in [0.25, 0.3) is 0 Å². The van der Waals surface area contributed by atoms with E-state index in [2.05, 4.69) is 176 Å². The molecule has 8 aromatic carbocycles. The molecule has 0 saturated heterocycles. The summed E-state index contributed by atoms with van der Waals surface area (Å²) in [6.45, 7) is 0. The predicted molar refractivity (Wildman–Crippen MR) is 226 cm³/mol. The molecule has 1 unspecified atom stereocenters. The zero-order valence-corrected chi connectivity index (χ0v) is 30.3. The molecule has 2 aromatic heterocycles. The second kappa shape index (κ2) is 11.6. The van der Waals surface area contributed by atoms with Gasteiger partial charge in [-0.05, 0) is 68.4 Å². The summed E-state index contributed by atoms with van der Waals surface area (Å²) < 4.78 is 9.21. The summed E-state index contributed by atoms with van der Waals surface area (Å²) in [6.07, 6.45) is 0. The second-order valence-electron chi connectivity index (χ2n) is 14.4. The van der Waals surface area contributed by atoms with Crippen molar-refractivity contribution in [1.82, 2.24) is 9.97 Å². The number of aromatic nitrogens is 2. The lowest BCUT2D eigenvalue weighted by molar-refractivity contribution is 0.436. The van der Waals surface area contributed by atoms with Crippen molar-refractivity contribution < 1.29 is 4.74 Å². The van der Waals surface area contributed by atoms with Crippen LogP contribution in [-0.2, 0) is 5.41 Å². The lowest BCUT2D eigenvalue weighted by Crippen LogP contribution is -2.32. The predicted octanol–water partition coefficient (Wildman–Crippen LogP) is 13.5. The number of ether oxygens (including phenoxy) is 1. The Morgan fingerprint density at radius 3 is 2.09 bits per heavy atom. The van der Waals surface area contributed by atoms with Gasteiger partial charge in [-0.1, -0.05) is 158 Å². The topological polar surface area (TPSA) is 35.0 Å². The van der Waals surface area contributed by atoms with Gasteiger partial charge in [0, 0.05) is 32.3 Å². The maximum Gasteiger partial charge on any atom is 0.160 e. The van der Waals surface area contributed by atoms with Crippen molar-refractivity contribution in [2.75, 3.05) is 0 Å². The Hall–Kier alpha value is -6.88. The maximum atomic E-state index is 6.95. The van der Waals surface area contributed by atoms with E-state index >= 15 is 0 Å². The van der Waals surface area contributed by atoms with Gasteiger partial charge in [-0.25, -0.2) is 9.97 Å². The van der Waals surface area contributed by atoms with Gasteiger partial charge < -0.3 is 4.74 Å². The van der Waals surface area contributed by atoms with Crippen molar-refractivity contribution >= 4 is 42.4 Å². The Morgan fingerprint density at radius 1 is 0.455 bits per heavy atom. The zero-order chi connectivity index (χ0) is 36.1. The van der Waals surface area contributed by atoms with Crippen molar-refractivity contribution in [3.05, 3.63) is 204 Å². The van der Waals surface area contributed by atoms with E-state index < -0.39 is 5.41 Å². The van der Waals surface area contributed by atoms with Gasteiger partial charge in [-0.3, -0.25) is 0 Å². The van der Waals surface area contributed by atoms with Crippen LogP contribution in [0, 0.1) is 0 Å². The van der Waals surface area contributed by atoms with Crippen LogP contribution in [0.2, 0.25) is 0 Å². The lowest BCUT2D eigenvalue weighted by Gasteiger charge is -2.39. The number of hydrogen-bond acceptors (Lipinski definition) is 4. The third-order valence-corrected chi connectivity index (χ3v) is 12.7. The molecule has 1 atom stereocenters. The summed E-state index contributed by atoms with van der Waals surface area (Å²) in [5, 5.41) is 3.65. The first-order valence-corrected chi connectivity index (χ1v) is 19.5. The number of hydrogen-bond donors (Lipinski definition) is 0. The molecule has 12 rings (SSSR count). The van der Waals surface area contributed by atoms with Crippen LogP contribution in [0.25, 0.3) is 76.0 Å². The van der Waals surface area contributed by atoms with E-state index in [4.69, 9.17) is 14.7 Å². The van der Waals surface area contributed by atoms with E-state index in [1.165, 1.54) is 37.7 Å². The maximum absolute atomic E-state index is 6.95. The third kappa shape index (κ3) is 4.31. The second-order valence-corrected chi connectivity index (χ2v) is 15.5. The van der Waals surface area contributed by atoms with Crippen molar-refractivity contribution in [3.8, 4) is 56.4 Å². The van der Waals surface area contributed by atoms with Crippen LogP contribution in [0.3, 0.4) is 0 Å². The van der Waals surface area contributed by atoms with Crippen molar-refractivity contribution in [1.29, 1.82) is 0 Å². The molecule has 3 nitrogen and oxygen atoms in total. The SMILES string of the molecule is c1ccc(-c2cccc(-c3nc(-c4ccc5c(c4)Oc4ccccc4C54c5ccccc5-c5c4ccc4ccccc54)c4sc5ccccc5c4n3)c2)cc1. The lowest BCUT2D eigenvalue weighted by atomic mass is 9.66. The molecule has 1 aliphatic heterocycles. The first-order chi connectivity index (χ1) is 27.3. The van der Waals surface area contributed by atoms with Crippen LogP contribution >= 0.6 is 11.3 Å². The highest BCUT2D eigenvalue weighted by Crippen LogP contribution is 2.63. The number of nitrogens with zero attached hydrogens (tertiary/aromatic N) is 2. The molecule has 0 bridgehead atoms. The Bertz CT molecular complexity index is 3200. The molecule has 2 aliphatic rings. The fourth-order valence-corrected chi connectivity index (χ4v) is 10.4. The van der Waals surface area contributed by atoms with Crippen molar-refractivity contribution in [3.63, 3.8) is 0 Å². The van der Waals surface area contributed by atoms with Crippen LogP contribution in [-0.4, -0.2) is 9.97 Å². The molecular weight excluding hydrogens is 689 g/mol. The molecule has 1 spiro atoms. The van der Waals surface area contributed by atoms with Crippen molar-refractivity contribution in [2.45, 2.75) is 5.41 Å². The average Bonchev–Trinajstić information content (AvgIpc) is 3.78. The number of para-hydroxylation sites is 1. The number of benzene rings is 8. The Balaban J connectivity index is 1.11. The fourth-order valence-electron chi connectivity index (χ4n) is 9.20. The Labute approximate surface area is 321 Å². The first-order valence-electron chi connectivity index (χ1n) is 18.7. The number of fused-ring (bicyclic) bond motifs is 14. The van der Waals surface area contributed by atoms with Gasteiger partial charge in [-0.15, -0.1) is 11.3 Å². The molecule has 55 heavy (non-hydrogen) atoms. The highest BCUT2D eigenvalue weighted by molar-refractivity contribution is 7.26. The molecule has 256 valence electrons. The fraction of sp³-hybridized carbons (Fsp3) is 0.0196. The molecule has 10 aromatic rings. The molecular formula is C51H30N2OS.